The number of hydrogen-bond donors (Lipinski definition) is 0. The molecule has 0 spiro atoms. The van der Waals surface area contributed by atoms with Crippen LogP contribution in [0.2, 0.25) is 0 Å². The fourth-order valence-electron chi connectivity index (χ4n) is 3.76. The number of carbonyl (C=O) groups is 1. The van der Waals surface area contributed by atoms with E-state index in [4.69, 9.17) is 4.98 Å². The fourth-order valence-corrected chi connectivity index (χ4v) is 4.63. The lowest BCUT2D eigenvalue weighted by Crippen LogP contribution is -2.29. The fraction of sp³-hybridized carbons (Fsp3) is 0.304. The number of carbonyl (C=O) groups excluding carboxylic acids is 1. The molecule has 3 aromatic rings. The maximum absolute atomic E-state index is 12.3. The van der Waals surface area contributed by atoms with Gasteiger partial charge in [0.05, 0.1) is 17.9 Å². The van der Waals surface area contributed by atoms with Crippen LogP contribution in [0.25, 0.3) is 0 Å². The van der Waals surface area contributed by atoms with E-state index in [9.17, 15) is 4.79 Å². The molecule has 144 valence electrons. The molecule has 5 heteroatoms. The average molecular weight is 392 g/mol. The lowest BCUT2D eigenvalue weighted by Gasteiger charge is -2.31. The molecule has 1 amide bonds. The Balaban J connectivity index is 1.58. The molecule has 4 nitrogen and oxygen atoms in total. The third-order valence-corrected chi connectivity index (χ3v) is 6.02. The Morgan fingerprint density at radius 2 is 1.89 bits per heavy atom. The first-order valence-electron chi connectivity index (χ1n) is 9.67. The summed E-state index contributed by atoms with van der Waals surface area (Å²) in [5, 5.41) is 2.80. The van der Waals surface area contributed by atoms with Gasteiger partial charge in [0.25, 0.3) is 0 Å². The van der Waals surface area contributed by atoms with Crippen molar-refractivity contribution in [2.24, 2.45) is 0 Å². The van der Waals surface area contributed by atoms with Gasteiger partial charge in [0.15, 0.2) is 5.13 Å². The lowest BCUT2D eigenvalue weighted by atomic mass is 9.99. The Morgan fingerprint density at radius 3 is 2.64 bits per heavy atom. The van der Waals surface area contributed by atoms with Crippen molar-refractivity contribution >= 4 is 33.8 Å². The molecule has 1 aliphatic rings. The third-order valence-electron chi connectivity index (χ3n) is 5.14. The summed E-state index contributed by atoms with van der Waals surface area (Å²) < 4.78 is 0. The topological polar surface area (TPSA) is 36.4 Å². The smallest absolute Gasteiger partial charge is 0.230 e. The molecule has 0 N–H and O–H groups in total. The van der Waals surface area contributed by atoms with E-state index in [2.05, 4.69) is 35.4 Å². The lowest BCUT2D eigenvalue weighted by molar-refractivity contribution is -0.115. The zero-order chi connectivity index (χ0) is 19.7. The van der Waals surface area contributed by atoms with E-state index in [1.54, 1.807) is 11.8 Å². The summed E-state index contributed by atoms with van der Waals surface area (Å²) in [5.41, 5.74) is 7.09. The second-order valence-corrected chi connectivity index (χ2v) is 8.31. The predicted molar refractivity (Wildman–Crippen MR) is 117 cm³/mol. The molecular weight excluding hydrogens is 366 g/mol. The Hall–Kier alpha value is -2.66. The van der Waals surface area contributed by atoms with Gasteiger partial charge in [-0.05, 0) is 50.5 Å². The van der Waals surface area contributed by atoms with Crippen molar-refractivity contribution in [2.75, 3.05) is 16.3 Å². The van der Waals surface area contributed by atoms with Crippen LogP contribution in [0, 0.1) is 13.8 Å². The quantitative estimate of drug-likeness (QED) is 0.598. The molecule has 0 saturated carbocycles. The first kappa shape index (κ1) is 18.7. The number of hydrogen-bond acceptors (Lipinski definition) is 4. The maximum Gasteiger partial charge on any atom is 0.230 e. The van der Waals surface area contributed by atoms with Crippen LogP contribution in [-0.2, 0) is 17.8 Å². The summed E-state index contributed by atoms with van der Waals surface area (Å²) >= 11 is 1.52. The largest absolute Gasteiger partial charge is 0.365 e. The Morgan fingerprint density at radius 1 is 1.14 bits per heavy atom. The van der Waals surface area contributed by atoms with Gasteiger partial charge in [0.2, 0.25) is 5.91 Å². The molecule has 1 aliphatic heterocycles. The van der Waals surface area contributed by atoms with Gasteiger partial charge >= 0.3 is 0 Å². The van der Waals surface area contributed by atoms with E-state index in [0.29, 0.717) is 0 Å². The molecule has 2 heterocycles. The summed E-state index contributed by atoms with van der Waals surface area (Å²) in [6.07, 6.45) is 2.30. The van der Waals surface area contributed by atoms with Gasteiger partial charge in [-0.3, -0.25) is 9.69 Å². The van der Waals surface area contributed by atoms with Crippen molar-refractivity contribution in [1.82, 2.24) is 4.98 Å². The van der Waals surface area contributed by atoms with E-state index in [-0.39, 0.29) is 5.91 Å². The number of anilines is 3. The number of aryl methyl sites for hydroxylation is 3. The standard InChI is InChI=1S/C23H25N3OS/c1-16-6-9-21(10-7-16)26(18(3)27)23-24-20(15-28-23)14-25-12-4-5-19-13-17(2)8-11-22(19)25/h6-11,13,15H,4-5,12,14H2,1-3H3. The van der Waals surface area contributed by atoms with E-state index in [1.807, 2.05) is 31.2 Å². The molecule has 1 aromatic heterocycles. The molecule has 4 rings (SSSR count). The number of aromatic nitrogens is 1. The van der Waals surface area contributed by atoms with Gasteiger partial charge in [-0.25, -0.2) is 4.98 Å². The third kappa shape index (κ3) is 3.80. The zero-order valence-corrected chi connectivity index (χ0v) is 17.4. The minimum atomic E-state index is -0.0245. The van der Waals surface area contributed by atoms with Gasteiger partial charge < -0.3 is 4.90 Å². The number of rotatable bonds is 4. The summed E-state index contributed by atoms with van der Waals surface area (Å²) in [5.74, 6) is -0.0245. The van der Waals surface area contributed by atoms with Crippen molar-refractivity contribution in [3.63, 3.8) is 0 Å². The van der Waals surface area contributed by atoms with Gasteiger partial charge in [-0.15, -0.1) is 11.3 Å². The molecule has 0 radical (unpaired) electrons. The Bertz CT molecular complexity index is 993. The van der Waals surface area contributed by atoms with Crippen molar-refractivity contribution in [3.8, 4) is 0 Å². The number of nitrogens with zero attached hydrogens (tertiary/aromatic N) is 3. The number of amides is 1. The van der Waals surface area contributed by atoms with Gasteiger partial charge in [0.1, 0.15) is 0 Å². The second-order valence-electron chi connectivity index (χ2n) is 7.47. The number of fused-ring (bicyclic) bond motifs is 1. The van der Waals surface area contributed by atoms with Crippen LogP contribution < -0.4 is 9.80 Å². The SMILES string of the molecule is CC(=O)N(c1ccc(C)cc1)c1nc(CN2CCCc3cc(C)ccc32)cs1. The highest BCUT2D eigenvalue weighted by Gasteiger charge is 2.21. The first-order chi connectivity index (χ1) is 13.5. The molecule has 2 aromatic carbocycles. The van der Waals surface area contributed by atoms with Crippen molar-refractivity contribution in [3.05, 3.63) is 70.2 Å². The summed E-state index contributed by atoms with van der Waals surface area (Å²) in [4.78, 5) is 21.2. The monoisotopic (exact) mass is 391 g/mol. The van der Waals surface area contributed by atoms with Crippen LogP contribution in [-0.4, -0.2) is 17.4 Å². The number of thiazole rings is 1. The average Bonchev–Trinajstić information content (AvgIpc) is 3.11. The van der Waals surface area contributed by atoms with E-state index in [1.165, 1.54) is 33.7 Å². The van der Waals surface area contributed by atoms with Crippen molar-refractivity contribution < 1.29 is 4.79 Å². The zero-order valence-electron chi connectivity index (χ0n) is 16.6. The molecule has 0 unspecified atom stereocenters. The van der Waals surface area contributed by atoms with Gasteiger partial charge in [-0.2, -0.15) is 0 Å². The van der Waals surface area contributed by atoms with E-state index >= 15 is 0 Å². The number of benzene rings is 2. The van der Waals surface area contributed by atoms with Gasteiger partial charge in [0, 0.05) is 24.5 Å². The predicted octanol–water partition coefficient (Wildman–Crippen LogP) is 5.40. The minimum absolute atomic E-state index is 0.0245. The normalized spacial score (nSPS) is 13.3. The highest BCUT2D eigenvalue weighted by atomic mass is 32.1. The van der Waals surface area contributed by atoms with Crippen LogP contribution in [0.3, 0.4) is 0 Å². The highest BCUT2D eigenvalue weighted by molar-refractivity contribution is 7.14. The maximum atomic E-state index is 12.3. The van der Waals surface area contributed by atoms with Crippen LogP contribution in [0.5, 0.6) is 0 Å². The molecule has 0 fully saturated rings. The first-order valence-corrected chi connectivity index (χ1v) is 10.6. The molecular formula is C23H25N3OS. The Labute approximate surface area is 170 Å². The van der Waals surface area contributed by atoms with Crippen LogP contribution in [0.1, 0.15) is 35.7 Å². The van der Waals surface area contributed by atoms with Gasteiger partial charge in [-0.1, -0.05) is 35.4 Å². The molecule has 0 saturated heterocycles. The summed E-state index contributed by atoms with van der Waals surface area (Å²) in [6.45, 7) is 7.59. The van der Waals surface area contributed by atoms with Crippen molar-refractivity contribution in [1.29, 1.82) is 0 Å². The van der Waals surface area contributed by atoms with E-state index < -0.39 is 0 Å². The molecule has 0 aliphatic carbocycles. The Kier molecular flexibility index (Phi) is 5.18. The molecule has 0 atom stereocenters. The second kappa shape index (κ2) is 7.76. The van der Waals surface area contributed by atoms with E-state index in [0.717, 1.165) is 42.4 Å². The van der Waals surface area contributed by atoms with Crippen molar-refractivity contribution in [2.45, 2.75) is 40.2 Å². The highest BCUT2D eigenvalue weighted by Crippen LogP contribution is 2.32. The summed E-state index contributed by atoms with van der Waals surface area (Å²) in [6, 6.07) is 14.7. The van der Waals surface area contributed by atoms with Crippen LogP contribution >= 0.6 is 11.3 Å². The minimum Gasteiger partial charge on any atom is -0.365 e. The molecule has 28 heavy (non-hydrogen) atoms. The van der Waals surface area contributed by atoms with Crippen LogP contribution in [0.4, 0.5) is 16.5 Å². The summed E-state index contributed by atoms with van der Waals surface area (Å²) in [7, 11) is 0. The van der Waals surface area contributed by atoms with Crippen LogP contribution in [0.15, 0.2) is 47.8 Å². The molecule has 0 bridgehead atoms.